The fraction of sp³-hybridized carbons (Fsp3) is 0.619. The molecule has 2 amide bonds. The zero-order valence-electron chi connectivity index (χ0n) is 17.0. The van der Waals surface area contributed by atoms with Crippen molar-refractivity contribution in [2.24, 2.45) is 22.7 Å². The number of halogens is 4. The number of urea groups is 1. The van der Waals surface area contributed by atoms with Crippen LogP contribution in [0.2, 0.25) is 0 Å². The van der Waals surface area contributed by atoms with Crippen LogP contribution in [0.25, 0.3) is 0 Å². The maximum absolute atomic E-state index is 13.8. The second kappa shape index (κ2) is 7.42. The van der Waals surface area contributed by atoms with Gasteiger partial charge in [0.2, 0.25) is 0 Å². The third-order valence-electron chi connectivity index (χ3n) is 6.95. The van der Waals surface area contributed by atoms with E-state index in [4.69, 9.17) is 0 Å². The van der Waals surface area contributed by atoms with Crippen molar-refractivity contribution >= 4 is 24.1 Å². The van der Waals surface area contributed by atoms with Gasteiger partial charge in [0, 0.05) is 31.3 Å². The van der Waals surface area contributed by atoms with Crippen molar-refractivity contribution in [3.63, 3.8) is 0 Å². The first-order valence-corrected chi connectivity index (χ1v) is 10.3. The summed E-state index contributed by atoms with van der Waals surface area (Å²) < 4.78 is 53.3. The van der Waals surface area contributed by atoms with Crippen molar-refractivity contribution in [2.75, 3.05) is 25.0 Å². The first-order valence-electron chi connectivity index (χ1n) is 10.3. The van der Waals surface area contributed by atoms with Gasteiger partial charge in [-0.15, -0.1) is 0 Å². The Morgan fingerprint density at radius 3 is 2.43 bits per heavy atom. The van der Waals surface area contributed by atoms with Crippen LogP contribution in [0.1, 0.15) is 26.2 Å². The summed E-state index contributed by atoms with van der Waals surface area (Å²) in [7, 11) is 1.84. The van der Waals surface area contributed by atoms with E-state index < -0.39 is 36.7 Å². The van der Waals surface area contributed by atoms with E-state index in [9.17, 15) is 22.4 Å². The van der Waals surface area contributed by atoms with Crippen LogP contribution >= 0.6 is 0 Å². The summed E-state index contributed by atoms with van der Waals surface area (Å²) >= 11 is 0. The number of carbonyl (C=O) groups excluding carboxylic acids is 1. The summed E-state index contributed by atoms with van der Waals surface area (Å²) in [5, 5.41) is 2.93. The highest BCUT2D eigenvalue weighted by molar-refractivity contribution is 5.76. The average molecular weight is 426 g/mol. The third kappa shape index (κ3) is 3.63. The fourth-order valence-electron chi connectivity index (χ4n) is 5.28. The van der Waals surface area contributed by atoms with Gasteiger partial charge in [0.1, 0.15) is 0 Å². The van der Waals surface area contributed by atoms with Crippen LogP contribution in [0, 0.1) is 29.4 Å². The Labute approximate surface area is 173 Å². The zero-order chi connectivity index (χ0) is 21.8. The van der Waals surface area contributed by atoms with Gasteiger partial charge in [0.05, 0.1) is 24.5 Å². The van der Waals surface area contributed by atoms with E-state index in [-0.39, 0.29) is 12.1 Å². The molecule has 5 atom stereocenters. The molecule has 1 aliphatic heterocycles. The molecule has 0 bridgehead atoms. The van der Waals surface area contributed by atoms with Gasteiger partial charge in [-0.25, -0.2) is 22.4 Å². The van der Waals surface area contributed by atoms with Gasteiger partial charge in [-0.3, -0.25) is 4.99 Å². The minimum Gasteiger partial charge on any atom is -0.370 e. The number of hydrogen-bond acceptors (Lipinski definition) is 3. The Kier molecular flexibility index (Phi) is 5.18. The standard InChI is InChI=1S/C21H26F4N4O/c1-4-16(27-20(30)29-9-21(24,25)10-29)19-12-5-11(6-13(12)19)28(3)18-8-15(23)14(22)7-17(18)26-2/h7-8,11-13,16,19H,2,4-6,9-10H2,1,3H3,(H,27,30)/t11?,12-,13+,16-,19?/m1/s1. The molecule has 5 nitrogen and oxygen atoms in total. The average Bonchev–Trinajstić information content (AvgIpc) is 3.16. The number of benzene rings is 1. The smallest absolute Gasteiger partial charge is 0.318 e. The van der Waals surface area contributed by atoms with Crippen molar-refractivity contribution in [1.82, 2.24) is 10.2 Å². The van der Waals surface area contributed by atoms with E-state index in [2.05, 4.69) is 17.0 Å². The van der Waals surface area contributed by atoms with Gasteiger partial charge in [0.25, 0.3) is 5.92 Å². The first-order chi connectivity index (χ1) is 14.1. The van der Waals surface area contributed by atoms with Crippen LogP contribution in [0.4, 0.5) is 33.7 Å². The largest absolute Gasteiger partial charge is 0.370 e. The molecule has 1 aromatic rings. The van der Waals surface area contributed by atoms with E-state index in [1.807, 2.05) is 18.9 Å². The number of rotatable bonds is 6. The van der Waals surface area contributed by atoms with Crippen LogP contribution in [-0.2, 0) is 0 Å². The number of nitrogens with zero attached hydrogens (tertiary/aromatic N) is 3. The number of alkyl halides is 2. The van der Waals surface area contributed by atoms with Crippen molar-refractivity contribution < 1.29 is 22.4 Å². The molecule has 164 valence electrons. The van der Waals surface area contributed by atoms with E-state index >= 15 is 0 Å². The molecular formula is C21H26F4N4O. The molecule has 3 aliphatic rings. The number of anilines is 1. The minimum absolute atomic E-state index is 0.0401. The lowest BCUT2D eigenvalue weighted by Gasteiger charge is -2.39. The lowest BCUT2D eigenvalue weighted by Crippen LogP contribution is -2.62. The summed E-state index contributed by atoms with van der Waals surface area (Å²) in [6.07, 6.45) is 2.48. The molecule has 2 unspecified atom stereocenters. The molecule has 30 heavy (non-hydrogen) atoms. The highest BCUT2D eigenvalue weighted by Gasteiger charge is 2.59. The molecule has 1 aromatic carbocycles. The number of fused-ring (bicyclic) bond motifs is 1. The van der Waals surface area contributed by atoms with Gasteiger partial charge in [-0.2, -0.15) is 0 Å². The molecule has 4 rings (SSSR count). The second-order valence-electron chi connectivity index (χ2n) is 8.73. The molecule has 0 aromatic heterocycles. The van der Waals surface area contributed by atoms with Crippen LogP contribution in [0.15, 0.2) is 17.1 Å². The van der Waals surface area contributed by atoms with Crippen LogP contribution < -0.4 is 10.2 Å². The van der Waals surface area contributed by atoms with Crippen LogP contribution in [0.5, 0.6) is 0 Å². The predicted octanol–water partition coefficient (Wildman–Crippen LogP) is 4.20. The second-order valence-corrected chi connectivity index (χ2v) is 8.73. The van der Waals surface area contributed by atoms with Crippen LogP contribution in [0.3, 0.4) is 0 Å². The topological polar surface area (TPSA) is 47.9 Å². The molecule has 3 fully saturated rings. The summed E-state index contributed by atoms with van der Waals surface area (Å²) in [6, 6.07) is 1.90. The SMILES string of the molecule is C=Nc1cc(F)c(F)cc1N(C)C1C[C@@H]2C([C@@H](CC)NC(=O)N3CC(F)(F)C3)[C@@H]2C1. The van der Waals surface area contributed by atoms with E-state index in [1.54, 1.807) is 0 Å². The molecule has 1 saturated heterocycles. The molecule has 1 heterocycles. The van der Waals surface area contributed by atoms with Crippen molar-refractivity contribution in [3.8, 4) is 0 Å². The molecule has 1 N–H and O–H groups in total. The lowest BCUT2D eigenvalue weighted by molar-refractivity contribution is -0.110. The predicted molar refractivity (Wildman–Crippen MR) is 107 cm³/mol. The number of hydrogen-bond donors (Lipinski definition) is 1. The maximum Gasteiger partial charge on any atom is 0.318 e. The van der Waals surface area contributed by atoms with Gasteiger partial charge in [-0.1, -0.05) is 6.92 Å². The van der Waals surface area contributed by atoms with Crippen molar-refractivity contribution in [3.05, 3.63) is 23.8 Å². The summed E-state index contributed by atoms with van der Waals surface area (Å²) in [5.74, 6) is -3.48. The van der Waals surface area contributed by atoms with E-state index in [0.717, 1.165) is 36.3 Å². The Morgan fingerprint density at radius 1 is 1.30 bits per heavy atom. The number of aliphatic imine (C=N–C) groups is 1. The number of carbonyl (C=O) groups is 1. The summed E-state index contributed by atoms with van der Waals surface area (Å²) in [5.41, 5.74) is 0.810. The Hall–Kier alpha value is -2.32. The Balaban J connectivity index is 1.35. The molecule has 0 spiro atoms. The number of likely N-dealkylation sites (tertiary alicyclic amines) is 1. The molecule has 2 saturated carbocycles. The minimum atomic E-state index is -2.77. The Morgan fingerprint density at radius 2 is 1.90 bits per heavy atom. The fourth-order valence-corrected chi connectivity index (χ4v) is 5.28. The number of amides is 2. The van der Waals surface area contributed by atoms with Crippen LogP contribution in [-0.4, -0.2) is 55.8 Å². The van der Waals surface area contributed by atoms with Gasteiger partial charge in [-0.05, 0) is 43.7 Å². The molecular weight excluding hydrogens is 400 g/mol. The zero-order valence-corrected chi connectivity index (χ0v) is 17.0. The van der Waals surface area contributed by atoms with E-state index in [0.29, 0.717) is 29.1 Å². The molecule has 2 aliphatic carbocycles. The highest BCUT2D eigenvalue weighted by atomic mass is 19.3. The van der Waals surface area contributed by atoms with Gasteiger partial charge in [0.15, 0.2) is 11.6 Å². The lowest BCUT2D eigenvalue weighted by atomic mass is 9.98. The van der Waals surface area contributed by atoms with Gasteiger partial charge >= 0.3 is 6.03 Å². The maximum atomic E-state index is 13.8. The summed E-state index contributed by atoms with van der Waals surface area (Å²) in [4.78, 5) is 19.1. The third-order valence-corrected chi connectivity index (χ3v) is 6.95. The first kappa shape index (κ1) is 20.9. The molecule has 9 heteroatoms. The quantitative estimate of drug-likeness (QED) is 0.548. The Bertz CT molecular complexity index is 844. The van der Waals surface area contributed by atoms with Crippen molar-refractivity contribution in [1.29, 1.82) is 0 Å². The summed E-state index contributed by atoms with van der Waals surface area (Å²) in [6.45, 7) is 4.39. The number of nitrogens with one attached hydrogen (secondary N) is 1. The highest BCUT2D eigenvalue weighted by Crippen LogP contribution is 2.60. The van der Waals surface area contributed by atoms with Crippen molar-refractivity contribution in [2.45, 2.75) is 44.2 Å². The molecule has 0 radical (unpaired) electrons. The van der Waals surface area contributed by atoms with E-state index in [1.165, 1.54) is 0 Å². The monoisotopic (exact) mass is 426 g/mol. The van der Waals surface area contributed by atoms with Gasteiger partial charge < -0.3 is 15.1 Å². The normalized spacial score (nSPS) is 29.6.